The Morgan fingerprint density at radius 3 is 2.76 bits per heavy atom. The van der Waals surface area contributed by atoms with Gasteiger partial charge in [-0.1, -0.05) is 41.4 Å². The van der Waals surface area contributed by atoms with Gasteiger partial charge in [0.15, 0.2) is 0 Å². The summed E-state index contributed by atoms with van der Waals surface area (Å²) in [5.74, 6) is 0.0819. The molecule has 0 aliphatic heterocycles. The lowest BCUT2D eigenvalue weighted by Crippen LogP contribution is -2.48. The predicted molar refractivity (Wildman–Crippen MR) is 87.3 cm³/mol. The van der Waals surface area contributed by atoms with Crippen LogP contribution in [0.1, 0.15) is 31.7 Å². The third-order valence-electron chi connectivity index (χ3n) is 4.26. The second-order valence-corrected chi connectivity index (χ2v) is 6.91. The van der Waals surface area contributed by atoms with Crippen LogP contribution in [0.3, 0.4) is 0 Å². The number of amides is 2. The summed E-state index contributed by atoms with van der Waals surface area (Å²) in [5, 5.41) is 14.7. The number of benzene rings is 1. The molecule has 1 aromatic carbocycles. The predicted octanol–water partition coefficient (Wildman–Crippen LogP) is 2.80. The van der Waals surface area contributed by atoms with Gasteiger partial charge in [0.1, 0.15) is 0 Å². The van der Waals surface area contributed by atoms with Gasteiger partial charge in [-0.15, -0.1) is 0 Å². The van der Waals surface area contributed by atoms with Crippen molar-refractivity contribution in [2.75, 3.05) is 19.7 Å². The van der Waals surface area contributed by atoms with Crippen molar-refractivity contribution >= 4 is 22.0 Å². The number of hydrogen-bond donors (Lipinski definition) is 3. The molecule has 1 unspecified atom stereocenters. The minimum Gasteiger partial charge on any atom is -0.396 e. The van der Waals surface area contributed by atoms with Crippen LogP contribution in [0.15, 0.2) is 28.7 Å². The van der Waals surface area contributed by atoms with Gasteiger partial charge in [0.2, 0.25) is 0 Å². The first-order chi connectivity index (χ1) is 10.1. The Labute approximate surface area is 134 Å². The molecule has 0 heterocycles. The third kappa shape index (κ3) is 4.20. The van der Waals surface area contributed by atoms with Gasteiger partial charge in [-0.05, 0) is 36.5 Å². The highest BCUT2D eigenvalue weighted by Crippen LogP contribution is 2.43. The SMILES string of the molecule is CC(CO)CNC(=O)NCC1(c2cccc(Br)c2)CCC1. The zero-order valence-corrected chi connectivity index (χ0v) is 13.9. The van der Waals surface area contributed by atoms with Crippen molar-refractivity contribution in [3.8, 4) is 0 Å². The highest BCUT2D eigenvalue weighted by Gasteiger charge is 2.38. The summed E-state index contributed by atoms with van der Waals surface area (Å²) in [4.78, 5) is 11.8. The summed E-state index contributed by atoms with van der Waals surface area (Å²) in [7, 11) is 0. The fourth-order valence-electron chi connectivity index (χ4n) is 2.63. The molecule has 0 bridgehead atoms. The molecular formula is C16H23BrN2O2. The van der Waals surface area contributed by atoms with Crippen molar-refractivity contribution in [3.63, 3.8) is 0 Å². The topological polar surface area (TPSA) is 61.4 Å². The smallest absolute Gasteiger partial charge is 0.314 e. The van der Waals surface area contributed by atoms with Crippen LogP contribution < -0.4 is 10.6 Å². The Bertz CT molecular complexity index is 489. The highest BCUT2D eigenvalue weighted by molar-refractivity contribution is 9.10. The Morgan fingerprint density at radius 2 is 2.19 bits per heavy atom. The van der Waals surface area contributed by atoms with E-state index in [2.05, 4.69) is 38.7 Å². The summed E-state index contributed by atoms with van der Waals surface area (Å²) >= 11 is 3.51. The molecule has 2 amide bonds. The van der Waals surface area contributed by atoms with Gasteiger partial charge in [-0.2, -0.15) is 0 Å². The molecule has 1 aliphatic carbocycles. The normalized spacial score (nSPS) is 17.7. The molecular weight excluding hydrogens is 332 g/mol. The molecule has 0 aromatic heterocycles. The fraction of sp³-hybridized carbons (Fsp3) is 0.562. The minimum absolute atomic E-state index is 0.0731. The molecule has 4 nitrogen and oxygen atoms in total. The molecule has 21 heavy (non-hydrogen) atoms. The number of aliphatic hydroxyl groups excluding tert-OH is 1. The molecule has 1 aliphatic rings. The van der Waals surface area contributed by atoms with Crippen molar-refractivity contribution in [1.29, 1.82) is 0 Å². The summed E-state index contributed by atoms with van der Waals surface area (Å²) in [6.45, 7) is 3.13. The molecule has 1 saturated carbocycles. The average Bonchev–Trinajstić information content (AvgIpc) is 2.43. The molecule has 0 saturated heterocycles. The number of carbonyl (C=O) groups excluding carboxylic acids is 1. The van der Waals surface area contributed by atoms with Gasteiger partial charge in [-0.3, -0.25) is 0 Å². The van der Waals surface area contributed by atoms with E-state index in [1.807, 2.05) is 19.1 Å². The van der Waals surface area contributed by atoms with E-state index in [4.69, 9.17) is 5.11 Å². The lowest BCUT2D eigenvalue weighted by Gasteiger charge is -2.42. The number of rotatable bonds is 6. The van der Waals surface area contributed by atoms with E-state index in [0.717, 1.165) is 17.3 Å². The number of aliphatic hydroxyl groups is 1. The van der Waals surface area contributed by atoms with Gasteiger partial charge in [0, 0.05) is 29.6 Å². The molecule has 5 heteroatoms. The number of hydrogen-bond acceptors (Lipinski definition) is 2. The van der Waals surface area contributed by atoms with Crippen LogP contribution >= 0.6 is 15.9 Å². The zero-order chi connectivity index (χ0) is 15.3. The van der Waals surface area contributed by atoms with Gasteiger partial charge in [-0.25, -0.2) is 4.79 Å². The third-order valence-corrected chi connectivity index (χ3v) is 4.75. The molecule has 3 N–H and O–H groups in total. The lowest BCUT2D eigenvalue weighted by atomic mass is 9.64. The highest BCUT2D eigenvalue weighted by atomic mass is 79.9. The van der Waals surface area contributed by atoms with Gasteiger partial charge < -0.3 is 15.7 Å². The van der Waals surface area contributed by atoms with E-state index >= 15 is 0 Å². The molecule has 2 rings (SSSR count). The zero-order valence-electron chi connectivity index (χ0n) is 12.4. The number of nitrogens with one attached hydrogen (secondary N) is 2. The maximum absolute atomic E-state index is 11.8. The van der Waals surface area contributed by atoms with Crippen LogP contribution in [0.2, 0.25) is 0 Å². The summed E-state index contributed by atoms with van der Waals surface area (Å²) in [5.41, 5.74) is 1.36. The largest absolute Gasteiger partial charge is 0.396 e. The Morgan fingerprint density at radius 1 is 1.43 bits per heavy atom. The van der Waals surface area contributed by atoms with E-state index in [1.54, 1.807) is 0 Å². The first kappa shape index (κ1) is 16.3. The lowest BCUT2D eigenvalue weighted by molar-refractivity contribution is 0.208. The van der Waals surface area contributed by atoms with Crippen LogP contribution in [0, 0.1) is 5.92 Å². The van der Waals surface area contributed by atoms with Crippen LogP contribution in [0.5, 0.6) is 0 Å². The Kier molecular flexibility index (Phi) is 5.65. The van der Waals surface area contributed by atoms with Crippen LogP contribution in [-0.2, 0) is 5.41 Å². The number of carbonyl (C=O) groups is 1. The quantitative estimate of drug-likeness (QED) is 0.735. The van der Waals surface area contributed by atoms with Crippen molar-refractivity contribution in [3.05, 3.63) is 34.3 Å². The summed E-state index contributed by atoms with van der Waals surface area (Å²) in [6.07, 6.45) is 3.42. The number of urea groups is 1. The van der Waals surface area contributed by atoms with Crippen LogP contribution in [0.25, 0.3) is 0 Å². The fourth-order valence-corrected chi connectivity index (χ4v) is 3.03. The second-order valence-electron chi connectivity index (χ2n) is 6.00. The minimum atomic E-state index is -0.156. The maximum Gasteiger partial charge on any atom is 0.314 e. The second kappa shape index (κ2) is 7.27. The maximum atomic E-state index is 11.8. The average molecular weight is 355 g/mol. The first-order valence-electron chi connectivity index (χ1n) is 7.44. The standard InChI is InChI=1S/C16H23BrN2O2/c1-12(10-20)9-18-15(21)19-11-16(6-3-7-16)13-4-2-5-14(17)8-13/h2,4-5,8,12,20H,3,6-7,9-11H2,1H3,(H2,18,19,21). The van der Waals surface area contributed by atoms with Crippen molar-refractivity contribution in [1.82, 2.24) is 10.6 Å². The molecule has 0 radical (unpaired) electrons. The number of halogens is 1. The van der Waals surface area contributed by atoms with Crippen LogP contribution in [-0.4, -0.2) is 30.8 Å². The van der Waals surface area contributed by atoms with E-state index in [-0.39, 0.29) is 24.0 Å². The Hall–Kier alpha value is -1.07. The molecule has 1 aromatic rings. The Balaban J connectivity index is 1.89. The van der Waals surface area contributed by atoms with Gasteiger partial charge in [0.25, 0.3) is 0 Å². The van der Waals surface area contributed by atoms with E-state index in [1.165, 1.54) is 12.0 Å². The van der Waals surface area contributed by atoms with E-state index in [9.17, 15) is 4.79 Å². The van der Waals surface area contributed by atoms with Crippen molar-refractivity contribution in [2.45, 2.75) is 31.6 Å². The van der Waals surface area contributed by atoms with Gasteiger partial charge in [0.05, 0.1) is 0 Å². The summed E-state index contributed by atoms with van der Waals surface area (Å²) < 4.78 is 1.08. The molecule has 1 atom stereocenters. The van der Waals surface area contributed by atoms with Crippen molar-refractivity contribution in [2.24, 2.45) is 5.92 Å². The molecule has 116 valence electrons. The molecule has 0 spiro atoms. The van der Waals surface area contributed by atoms with Crippen LogP contribution in [0.4, 0.5) is 4.79 Å². The van der Waals surface area contributed by atoms with Gasteiger partial charge >= 0.3 is 6.03 Å². The first-order valence-corrected chi connectivity index (χ1v) is 8.24. The monoisotopic (exact) mass is 354 g/mol. The van der Waals surface area contributed by atoms with E-state index in [0.29, 0.717) is 13.1 Å². The molecule has 1 fully saturated rings. The van der Waals surface area contributed by atoms with Crippen molar-refractivity contribution < 1.29 is 9.90 Å². The summed E-state index contributed by atoms with van der Waals surface area (Å²) in [6, 6.07) is 8.19. The van der Waals surface area contributed by atoms with E-state index < -0.39 is 0 Å².